The number of aromatic carboxylic acids is 1. The third-order valence-electron chi connectivity index (χ3n) is 5.71. The number of benzene rings is 1. The standard InChI is InChI=1S/C19H26N4O2/c1-12(2)23-17-5-3-4-14(19(24)25)18(17)15(21-23)10-20-16-11-22-8-6-13(16)7-9-22/h3-5,12-13,16,20H,6-11H2,1-2H3,(H,24,25)/t16-/m1/s1. The minimum absolute atomic E-state index is 0.192. The first kappa shape index (κ1) is 16.5. The van der Waals surface area contributed by atoms with E-state index in [4.69, 9.17) is 5.10 Å². The number of rotatable bonds is 5. The zero-order chi connectivity index (χ0) is 17.6. The van der Waals surface area contributed by atoms with Gasteiger partial charge in [-0.1, -0.05) is 6.07 Å². The molecule has 1 aromatic carbocycles. The Morgan fingerprint density at radius 1 is 1.36 bits per heavy atom. The van der Waals surface area contributed by atoms with Gasteiger partial charge in [-0.3, -0.25) is 4.68 Å². The fraction of sp³-hybridized carbons (Fsp3) is 0.579. The summed E-state index contributed by atoms with van der Waals surface area (Å²) in [7, 11) is 0. The highest BCUT2D eigenvalue weighted by molar-refractivity contribution is 6.03. The van der Waals surface area contributed by atoms with Gasteiger partial charge in [0, 0.05) is 30.6 Å². The number of carboxylic acid groups (broad SMARTS) is 1. The lowest BCUT2D eigenvalue weighted by atomic mass is 9.84. The van der Waals surface area contributed by atoms with Gasteiger partial charge >= 0.3 is 5.97 Å². The molecule has 3 aliphatic heterocycles. The molecule has 3 saturated heterocycles. The maximum absolute atomic E-state index is 11.7. The number of fused-ring (bicyclic) bond motifs is 4. The van der Waals surface area contributed by atoms with E-state index >= 15 is 0 Å². The summed E-state index contributed by atoms with van der Waals surface area (Å²) >= 11 is 0. The van der Waals surface area contributed by atoms with E-state index in [1.165, 1.54) is 25.9 Å². The molecular formula is C19H26N4O2. The normalized spacial score (nSPS) is 25.8. The molecule has 4 heterocycles. The maximum atomic E-state index is 11.7. The van der Waals surface area contributed by atoms with Crippen LogP contribution in [0.5, 0.6) is 0 Å². The van der Waals surface area contributed by atoms with Crippen molar-refractivity contribution in [3.8, 4) is 0 Å². The Bertz CT molecular complexity index is 790. The summed E-state index contributed by atoms with van der Waals surface area (Å²) in [6, 6.07) is 6.12. The fourth-order valence-corrected chi connectivity index (χ4v) is 4.39. The summed E-state index contributed by atoms with van der Waals surface area (Å²) in [5.74, 6) is -0.152. The molecule has 2 bridgehead atoms. The Labute approximate surface area is 147 Å². The molecule has 1 aromatic heterocycles. The van der Waals surface area contributed by atoms with Crippen LogP contribution in [0.1, 0.15) is 48.8 Å². The third-order valence-corrected chi connectivity index (χ3v) is 5.71. The molecule has 1 atom stereocenters. The summed E-state index contributed by atoms with van der Waals surface area (Å²) in [6.07, 6.45) is 2.53. The van der Waals surface area contributed by atoms with Gasteiger partial charge < -0.3 is 15.3 Å². The van der Waals surface area contributed by atoms with Gasteiger partial charge in [-0.05, 0) is 57.8 Å². The quantitative estimate of drug-likeness (QED) is 0.874. The van der Waals surface area contributed by atoms with Crippen LogP contribution in [0.4, 0.5) is 0 Å². The molecule has 0 radical (unpaired) electrons. The molecule has 0 saturated carbocycles. The number of carbonyl (C=O) groups is 1. The molecule has 3 fully saturated rings. The number of hydrogen-bond acceptors (Lipinski definition) is 4. The van der Waals surface area contributed by atoms with Gasteiger partial charge in [-0.15, -0.1) is 0 Å². The highest BCUT2D eigenvalue weighted by Crippen LogP contribution is 2.29. The second-order valence-electron chi connectivity index (χ2n) is 7.62. The van der Waals surface area contributed by atoms with Gasteiger partial charge in [-0.2, -0.15) is 5.10 Å². The van der Waals surface area contributed by atoms with Crippen LogP contribution in [0.25, 0.3) is 10.9 Å². The molecule has 25 heavy (non-hydrogen) atoms. The van der Waals surface area contributed by atoms with Gasteiger partial charge in [0.1, 0.15) is 0 Å². The molecule has 2 N–H and O–H groups in total. The monoisotopic (exact) mass is 342 g/mol. The molecule has 0 amide bonds. The zero-order valence-corrected chi connectivity index (χ0v) is 14.9. The maximum Gasteiger partial charge on any atom is 0.336 e. The van der Waals surface area contributed by atoms with Gasteiger partial charge in [0.2, 0.25) is 0 Å². The zero-order valence-electron chi connectivity index (χ0n) is 14.9. The number of hydrogen-bond donors (Lipinski definition) is 2. The average Bonchev–Trinajstić information content (AvgIpc) is 3.00. The van der Waals surface area contributed by atoms with Crippen LogP contribution in [0, 0.1) is 5.92 Å². The van der Waals surface area contributed by atoms with Crippen LogP contribution in [-0.2, 0) is 6.54 Å². The van der Waals surface area contributed by atoms with Gasteiger partial charge in [-0.25, -0.2) is 4.79 Å². The third kappa shape index (κ3) is 2.93. The van der Waals surface area contributed by atoms with E-state index in [1.54, 1.807) is 12.1 Å². The molecule has 5 rings (SSSR count). The number of nitrogens with zero attached hydrogens (tertiary/aromatic N) is 3. The van der Waals surface area contributed by atoms with Crippen molar-refractivity contribution in [3.05, 3.63) is 29.5 Å². The second kappa shape index (κ2) is 6.42. The summed E-state index contributed by atoms with van der Waals surface area (Å²) in [4.78, 5) is 14.2. The molecule has 0 unspecified atom stereocenters. The van der Waals surface area contributed by atoms with Crippen LogP contribution in [0.3, 0.4) is 0 Å². The SMILES string of the molecule is CC(C)n1nc(CN[C@@H]2CN3CCC2CC3)c2c(C(=O)O)cccc21. The Balaban J connectivity index is 1.65. The number of piperidine rings is 3. The molecule has 6 heteroatoms. The Morgan fingerprint density at radius 2 is 2.12 bits per heavy atom. The molecule has 2 aromatic rings. The lowest BCUT2D eigenvalue weighted by molar-refractivity contribution is 0.0698. The largest absolute Gasteiger partial charge is 0.478 e. The first-order valence-electron chi connectivity index (χ1n) is 9.23. The molecule has 134 valence electrons. The topological polar surface area (TPSA) is 70.4 Å². The minimum Gasteiger partial charge on any atom is -0.478 e. The summed E-state index contributed by atoms with van der Waals surface area (Å²) in [6.45, 7) is 8.30. The fourth-order valence-electron chi connectivity index (χ4n) is 4.39. The summed E-state index contributed by atoms with van der Waals surface area (Å²) in [5, 5.41) is 18.8. The highest BCUT2D eigenvalue weighted by atomic mass is 16.4. The first-order chi connectivity index (χ1) is 12.0. The van der Waals surface area contributed by atoms with Gasteiger partial charge in [0.05, 0.1) is 16.8 Å². The lowest BCUT2D eigenvalue weighted by Crippen LogP contribution is -2.55. The van der Waals surface area contributed by atoms with Crippen molar-refractivity contribution in [2.24, 2.45) is 5.92 Å². The number of aromatic nitrogens is 2. The van der Waals surface area contributed by atoms with E-state index < -0.39 is 5.97 Å². The minimum atomic E-state index is -0.891. The predicted octanol–water partition coefficient (Wildman–Crippen LogP) is 2.50. The van der Waals surface area contributed by atoms with Gasteiger partial charge in [0.15, 0.2) is 0 Å². The molecule has 0 aliphatic carbocycles. The molecular weight excluding hydrogens is 316 g/mol. The Kier molecular flexibility index (Phi) is 4.25. The predicted molar refractivity (Wildman–Crippen MR) is 96.9 cm³/mol. The Hall–Kier alpha value is -1.92. The van der Waals surface area contributed by atoms with Crippen LogP contribution in [0.2, 0.25) is 0 Å². The van der Waals surface area contributed by atoms with Crippen LogP contribution >= 0.6 is 0 Å². The van der Waals surface area contributed by atoms with Crippen LogP contribution in [0.15, 0.2) is 18.2 Å². The van der Waals surface area contributed by atoms with E-state index in [0.29, 0.717) is 18.2 Å². The first-order valence-corrected chi connectivity index (χ1v) is 9.23. The van der Waals surface area contributed by atoms with E-state index in [0.717, 1.165) is 29.1 Å². The van der Waals surface area contributed by atoms with E-state index in [-0.39, 0.29) is 6.04 Å². The summed E-state index contributed by atoms with van der Waals surface area (Å²) < 4.78 is 1.94. The van der Waals surface area contributed by atoms with Crippen LogP contribution in [-0.4, -0.2) is 51.4 Å². The van der Waals surface area contributed by atoms with Crippen molar-refractivity contribution in [3.63, 3.8) is 0 Å². The average molecular weight is 342 g/mol. The smallest absolute Gasteiger partial charge is 0.336 e. The summed E-state index contributed by atoms with van der Waals surface area (Å²) in [5.41, 5.74) is 2.09. The number of nitrogens with one attached hydrogen (secondary N) is 1. The highest BCUT2D eigenvalue weighted by Gasteiger charge is 2.34. The molecule has 0 spiro atoms. The Morgan fingerprint density at radius 3 is 2.72 bits per heavy atom. The lowest BCUT2D eigenvalue weighted by Gasteiger charge is -2.45. The second-order valence-corrected chi connectivity index (χ2v) is 7.62. The number of carboxylic acids is 1. The van der Waals surface area contributed by atoms with Crippen molar-refractivity contribution >= 4 is 16.9 Å². The molecule has 6 nitrogen and oxygen atoms in total. The van der Waals surface area contributed by atoms with E-state index in [1.807, 2.05) is 10.7 Å². The van der Waals surface area contributed by atoms with E-state index in [9.17, 15) is 9.90 Å². The van der Waals surface area contributed by atoms with Gasteiger partial charge in [0.25, 0.3) is 0 Å². The van der Waals surface area contributed by atoms with Crippen molar-refractivity contribution in [1.29, 1.82) is 0 Å². The van der Waals surface area contributed by atoms with Crippen LogP contribution < -0.4 is 5.32 Å². The van der Waals surface area contributed by atoms with Crippen molar-refractivity contribution in [2.45, 2.75) is 45.3 Å². The van der Waals surface area contributed by atoms with Crippen molar-refractivity contribution in [2.75, 3.05) is 19.6 Å². The van der Waals surface area contributed by atoms with E-state index in [2.05, 4.69) is 24.1 Å². The van der Waals surface area contributed by atoms with Crippen molar-refractivity contribution < 1.29 is 9.90 Å². The molecule has 3 aliphatic rings. The van der Waals surface area contributed by atoms with Crippen molar-refractivity contribution in [1.82, 2.24) is 20.0 Å².